The number of benzene rings is 2. The number of alkyl halides is 1. The van der Waals surface area contributed by atoms with Gasteiger partial charge in [-0.15, -0.1) is 11.6 Å². The minimum Gasteiger partial charge on any atom is -0.373 e. The number of amides is 2. The van der Waals surface area contributed by atoms with Gasteiger partial charge in [-0.1, -0.05) is 12.1 Å². The van der Waals surface area contributed by atoms with Crippen molar-refractivity contribution in [1.82, 2.24) is 5.43 Å². The van der Waals surface area contributed by atoms with E-state index >= 15 is 0 Å². The molecule has 2 aromatic carbocycles. The van der Waals surface area contributed by atoms with Gasteiger partial charge in [0.05, 0.1) is 5.69 Å². The summed E-state index contributed by atoms with van der Waals surface area (Å²) in [5, 5.41) is 1.27. The lowest BCUT2D eigenvalue weighted by atomic mass is 10.1. The molecule has 2 amide bonds. The Morgan fingerprint density at radius 2 is 1.77 bits per heavy atom. The summed E-state index contributed by atoms with van der Waals surface area (Å²) in [6, 6.07) is 15.0. The van der Waals surface area contributed by atoms with Crippen LogP contribution in [0.5, 0.6) is 0 Å². The molecule has 1 heterocycles. The first-order valence-electron chi connectivity index (χ1n) is 7.99. The molecule has 0 radical (unpaired) electrons. The molecule has 0 aliphatic carbocycles. The largest absolute Gasteiger partial charge is 0.373 e. The number of carbonyl (C=O) groups is 2. The summed E-state index contributed by atoms with van der Waals surface area (Å²) >= 11 is 7.95. The van der Waals surface area contributed by atoms with Crippen LogP contribution >= 0.6 is 34.2 Å². The zero-order valence-corrected chi connectivity index (χ0v) is 17.0. The van der Waals surface area contributed by atoms with Crippen molar-refractivity contribution < 1.29 is 9.59 Å². The molecule has 7 heteroatoms. The molecule has 2 aromatic rings. The van der Waals surface area contributed by atoms with Crippen LogP contribution in [0.15, 0.2) is 54.1 Å². The summed E-state index contributed by atoms with van der Waals surface area (Å²) < 4.78 is 1.05. The first-order valence-corrected chi connectivity index (χ1v) is 9.61. The van der Waals surface area contributed by atoms with Crippen molar-refractivity contribution in [2.45, 2.75) is 0 Å². The summed E-state index contributed by atoms with van der Waals surface area (Å²) in [5.74, 6) is -0.220. The molecule has 3 rings (SSSR count). The number of carbonyl (C=O) groups excluding carboxylic acids is 2. The Hall–Kier alpha value is -2.06. The van der Waals surface area contributed by atoms with Gasteiger partial charge in [-0.2, -0.15) is 0 Å². The minimum absolute atomic E-state index is 0.116. The molecule has 134 valence electrons. The average molecular weight is 482 g/mol. The van der Waals surface area contributed by atoms with Gasteiger partial charge in [0, 0.05) is 28.7 Å². The van der Waals surface area contributed by atoms with Gasteiger partial charge in [-0.25, -0.2) is 5.01 Å². The van der Waals surface area contributed by atoms with E-state index in [0.29, 0.717) is 11.6 Å². The fourth-order valence-corrected chi connectivity index (χ4v) is 3.19. The maximum Gasteiger partial charge on any atom is 0.282 e. The standard InChI is InChI=1S/C19H17ClIN3O2/c1-23(11-10-20)15-6-2-13(3-7-15)12-17-18(25)22-24(19(17)26)16-8-4-14(21)5-9-16/h2-9,12H,10-11H2,1H3,(H,22,25)/b17-12-. The highest BCUT2D eigenvalue weighted by atomic mass is 127. The Labute approximate surface area is 170 Å². The monoisotopic (exact) mass is 481 g/mol. The second-order valence-corrected chi connectivity index (χ2v) is 7.44. The van der Waals surface area contributed by atoms with Crippen molar-refractivity contribution in [2.24, 2.45) is 0 Å². The molecule has 0 atom stereocenters. The van der Waals surface area contributed by atoms with Crippen LogP contribution in [0.3, 0.4) is 0 Å². The Kier molecular flexibility index (Phi) is 5.83. The van der Waals surface area contributed by atoms with Crippen LogP contribution in [-0.2, 0) is 9.59 Å². The van der Waals surface area contributed by atoms with Crippen molar-refractivity contribution in [1.29, 1.82) is 0 Å². The van der Waals surface area contributed by atoms with Gasteiger partial charge in [-0.3, -0.25) is 15.0 Å². The van der Waals surface area contributed by atoms with Gasteiger partial charge in [-0.05, 0) is 70.6 Å². The molecule has 1 aliphatic rings. The molecule has 1 fully saturated rings. The van der Waals surface area contributed by atoms with E-state index in [1.54, 1.807) is 18.2 Å². The fourth-order valence-electron chi connectivity index (χ4n) is 2.58. The van der Waals surface area contributed by atoms with Gasteiger partial charge >= 0.3 is 0 Å². The molecule has 0 bridgehead atoms. The van der Waals surface area contributed by atoms with Crippen molar-refractivity contribution in [3.05, 3.63) is 63.2 Å². The SMILES string of the molecule is CN(CCCl)c1ccc(/C=C2/C(=O)NN(c3ccc(I)cc3)C2=O)cc1. The number of hydrazine groups is 1. The quantitative estimate of drug-likeness (QED) is 0.308. The first kappa shape index (κ1) is 18.7. The predicted octanol–water partition coefficient (Wildman–Crippen LogP) is 3.43. The minimum atomic E-state index is -0.406. The van der Waals surface area contributed by atoms with Crippen LogP contribution in [0, 0.1) is 3.57 Å². The summed E-state index contributed by atoms with van der Waals surface area (Å²) in [6.45, 7) is 0.744. The van der Waals surface area contributed by atoms with E-state index in [0.717, 1.165) is 21.4 Å². The normalized spacial score (nSPS) is 15.5. The van der Waals surface area contributed by atoms with Gasteiger partial charge in [0.2, 0.25) is 0 Å². The second kappa shape index (κ2) is 8.09. The molecule has 1 aliphatic heterocycles. The van der Waals surface area contributed by atoms with Gasteiger partial charge < -0.3 is 4.90 Å². The van der Waals surface area contributed by atoms with Crippen molar-refractivity contribution in [3.63, 3.8) is 0 Å². The number of hydrogen-bond donors (Lipinski definition) is 1. The summed E-state index contributed by atoms with van der Waals surface area (Å²) in [6.07, 6.45) is 1.61. The van der Waals surface area contributed by atoms with Crippen LogP contribution in [0.2, 0.25) is 0 Å². The highest BCUT2D eigenvalue weighted by Gasteiger charge is 2.34. The highest BCUT2D eigenvalue weighted by molar-refractivity contribution is 14.1. The number of nitrogens with zero attached hydrogens (tertiary/aromatic N) is 2. The number of nitrogens with one attached hydrogen (secondary N) is 1. The molecule has 5 nitrogen and oxygen atoms in total. The summed E-state index contributed by atoms with van der Waals surface area (Å²) in [4.78, 5) is 26.9. The van der Waals surface area contributed by atoms with Crippen LogP contribution in [-0.4, -0.2) is 31.3 Å². The molecule has 0 spiro atoms. The number of halogens is 2. The predicted molar refractivity (Wildman–Crippen MR) is 113 cm³/mol. The maximum atomic E-state index is 12.6. The van der Waals surface area contributed by atoms with Gasteiger partial charge in [0.25, 0.3) is 11.8 Å². The third-order valence-electron chi connectivity index (χ3n) is 4.04. The molecule has 1 N–H and O–H groups in total. The van der Waals surface area contributed by atoms with Crippen LogP contribution in [0.25, 0.3) is 6.08 Å². The van der Waals surface area contributed by atoms with E-state index in [-0.39, 0.29) is 11.5 Å². The summed E-state index contributed by atoms with van der Waals surface area (Å²) in [7, 11) is 1.96. The van der Waals surface area contributed by atoms with E-state index in [2.05, 4.69) is 28.0 Å². The molecule has 1 saturated heterocycles. The van der Waals surface area contributed by atoms with Crippen molar-refractivity contribution >= 4 is 63.5 Å². The fraction of sp³-hybridized carbons (Fsp3) is 0.158. The van der Waals surface area contributed by atoms with E-state index in [9.17, 15) is 9.59 Å². The Bertz CT molecular complexity index is 850. The van der Waals surface area contributed by atoms with E-state index in [1.165, 1.54) is 5.01 Å². The van der Waals surface area contributed by atoms with Gasteiger partial charge in [0.15, 0.2) is 0 Å². The zero-order valence-electron chi connectivity index (χ0n) is 14.1. The third-order valence-corrected chi connectivity index (χ3v) is 4.93. The zero-order chi connectivity index (χ0) is 18.7. The Morgan fingerprint density at radius 1 is 1.12 bits per heavy atom. The third kappa shape index (κ3) is 4.02. The number of rotatable bonds is 5. The maximum absolute atomic E-state index is 12.6. The summed E-state index contributed by atoms with van der Waals surface area (Å²) in [5.41, 5.74) is 5.16. The van der Waals surface area contributed by atoms with E-state index in [4.69, 9.17) is 11.6 Å². The van der Waals surface area contributed by atoms with Gasteiger partial charge in [0.1, 0.15) is 5.57 Å². The Balaban J connectivity index is 1.81. The molecule has 26 heavy (non-hydrogen) atoms. The molecular weight excluding hydrogens is 465 g/mol. The smallest absolute Gasteiger partial charge is 0.282 e. The van der Waals surface area contributed by atoms with Crippen LogP contribution in [0.4, 0.5) is 11.4 Å². The topological polar surface area (TPSA) is 52.7 Å². The van der Waals surface area contributed by atoms with Crippen LogP contribution < -0.4 is 15.3 Å². The highest BCUT2D eigenvalue weighted by Crippen LogP contribution is 2.23. The van der Waals surface area contributed by atoms with E-state index in [1.807, 2.05) is 48.3 Å². The Morgan fingerprint density at radius 3 is 2.38 bits per heavy atom. The second-order valence-electron chi connectivity index (χ2n) is 5.82. The molecular formula is C19H17ClIN3O2. The number of hydrogen-bond acceptors (Lipinski definition) is 3. The molecule has 0 saturated carbocycles. The average Bonchev–Trinajstić information content (AvgIpc) is 2.91. The lowest BCUT2D eigenvalue weighted by Gasteiger charge is -2.17. The van der Waals surface area contributed by atoms with Crippen LogP contribution in [0.1, 0.15) is 5.56 Å². The number of anilines is 2. The van der Waals surface area contributed by atoms with E-state index < -0.39 is 5.91 Å². The molecule has 0 unspecified atom stereocenters. The van der Waals surface area contributed by atoms with Crippen molar-refractivity contribution in [2.75, 3.05) is 29.4 Å². The lowest BCUT2D eigenvalue weighted by molar-refractivity contribution is -0.117. The van der Waals surface area contributed by atoms with Crippen molar-refractivity contribution in [3.8, 4) is 0 Å². The first-order chi connectivity index (χ1) is 12.5. The molecule has 0 aromatic heterocycles. The lowest BCUT2D eigenvalue weighted by Crippen LogP contribution is -2.35.